The van der Waals surface area contributed by atoms with Gasteiger partial charge < -0.3 is 10.4 Å². The molecule has 2 N–H and O–H groups in total. The maximum absolute atomic E-state index is 11.4. The van der Waals surface area contributed by atoms with Crippen LogP contribution in [0, 0.1) is 0 Å². The maximum Gasteiger partial charge on any atom is 0.175 e. The first-order valence-electron chi connectivity index (χ1n) is 6.75. The summed E-state index contributed by atoms with van der Waals surface area (Å²) in [6.45, 7) is 2.06. The van der Waals surface area contributed by atoms with E-state index in [1.165, 1.54) is 6.26 Å². The molecule has 0 bridgehead atoms. The first-order chi connectivity index (χ1) is 9.90. The Labute approximate surface area is 125 Å². The topological polar surface area (TPSA) is 66.4 Å². The molecule has 0 saturated carbocycles. The van der Waals surface area contributed by atoms with Crippen LogP contribution in [0.2, 0.25) is 0 Å². The fraction of sp³-hybridized carbons (Fsp3) is 0.250. The van der Waals surface area contributed by atoms with Crippen molar-refractivity contribution in [2.75, 3.05) is 11.6 Å². The Morgan fingerprint density at radius 3 is 2.10 bits per heavy atom. The molecule has 0 saturated heterocycles. The molecule has 0 heterocycles. The SMILES string of the molecule is CCC(Nc1ccc(S(C)(=O)=O)cc1)c1ccc(O)cc1. The molecule has 1 atom stereocenters. The molecule has 112 valence electrons. The summed E-state index contributed by atoms with van der Waals surface area (Å²) >= 11 is 0. The van der Waals surface area contributed by atoms with Gasteiger partial charge in [-0.15, -0.1) is 0 Å². The van der Waals surface area contributed by atoms with Gasteiger partial charge in [-0.2, -0.15) is 0 Å². The van der Waals surface area contributed by atoms with E-state index in [4.69, 9.17) is 0 Å². The van der Waals surface area contributed by atoms with Crippen LogP contribution in [0.5, 0.6) is 5.75 Å². The Morgan fingerprint density at radius 2 is 1.62 bits per heavy atom. The largest absolute Gasteiger partial charge is 0.508 e. The van der Waals surface area contributed by atoms with Crippen molar-refractivity contribution < 1.29 is 13.5 Å². The van der Waals surface area contributed by atoms with E-state index in [1.54, 1.807) is 36.4 Å². The lowest BCUT2D eigenvalue weighted by Gasteiger charge is -2.19. The van der Waals surface area contributed by atoms with Gasteiger partial charge in [0.05, 0.1) is 10.9 Å². The molecular formula is C16H19NO3S. The number of phenols is 1. The molecule has 0 aliphatic rings. The van der Waals surface area contributed by atoms with Gasteiger partial charge in [-0.05, 0) is 48.4 Å². The van der Waals surface area contributed by atoms with Gasteiger partial charge in [0.15, 0.2) is 9.84 Å². The van der Waals surface area contributed by atoms with Crippen LogP contribution in [0.1, 0.15) is 24.9 Å². The number of rotatable bonds is 5. The van der Waals surface area contributed by atoms with Gasteiger partial charge in [-0.1, -0.05) is 19.1 Å². The van der Waals surface area contributed by atoms with E-state index in [1.807, 2.05) is 12.1 Å². The highest BCUT2D eigenvalue weighted by Gasteiger charge is 2.10. The first kappa shape index (κ1) is 15.4. The number of hydrogen-bond donors (Lipinski definition) is 2. The molecule has 2 rings (SSSR count). The summed E-state index contributed by atoms with van der Waals surface area (Å²) < 4.78 is 22.9. The third-order valence-electron chi connectivity index (χ3n) is 3.33. The second-order valence-electron chi connectivity index (χ2n) is 4.99. The lowest BCUT2D eigenvalue weighted by atomic mass is 10.0. The average Bonchev–Trinajstić information content (AvgIpc) is 2.45. The Morgan fingerprint density at radius 1 is 1.05 bits per heavy atom. The van der Waals surface area contributed by atoms with Crippen molar-refractivity contribution in [2.24, 2.45) is 0 Å². The van der Waals surface area contributed by atoms with E-state index < -0.39 is 9.84 Å². The van der Waals surface area contributed by atoms with Crippen molar-refractivity contribution in [3.63, 3.8) is 0 Å². The van der Waals surface area contributed by atoms with Gasteiger partial charge in [0, 0.05) is 11.9 Å². The zero-order chi connectivity index (χ0) is 15.5. The molecule has 1 unspecified atom stereocenters. The fourth-order valence-electron chi connectivity index (χ4n) is 2.13. The first-order valence-corrected chi connectivity index (χ1v) is 8.65. The maximum atomic E-state index is 11.4. The summed E-state index contributed by atoms with van der Waals surface area (Å²) in [6.07, 6.45) is 2.07. The van der Waals surface area contributed by atoms with E-state index >= 15 is 0 Å². The number of hydrogen-bond acceptors (Lipinski definition) is 4. The summed E-state index contributed by atoms with van der Waals surface area (Å²) in [7, 11) is -3.17. The summed E-state index contributed by atoms with van der Waals surface area (Å²) in [5.74, 6) is 0.242. The third kappa shape index (κ3) is 3.98. The van der Waals surface area contributed by atoms with Gasteiger partial charge >= 0.3 is 0 Å². The van der Waals surface area contributed by atoms with Crippen LogP contribution in [0.25, 0.3) is 0 Å². The van der Waals surface area contributed by atoms with Gasteiger partial charge in [0.2, 0.25) is 0 Å². The predicted octanol–water partition coefficient (Wildman–Crippen LogP) is 3.36. The quantitative estimate of drug-likeness (QED) is 0.889. The highest BCUT2D eigenvalue weighted by atomic mass is 32.2. The van der Waals surface area contributed by atoms with E-state index in [9.17, 15) is 13.5 Å². The predicted molar refractivity (Wildman–Crippen MR) is 84.3 cm³/mol. The van der Waals surface area contributed by atoms with Crippen LogP contribution in [0.15, 0.2) is 53.4 Å². The molecule has 0 amide bonds. The number of nitrogens with one attached hydrogen (secondary N) is 1. The van der Waals surface area contributed by atoms with Crippen molar-refractivity contribution in [1.29, 1.82) is 0 Å². The lowest BCUT2D eigenvalue weighted by molar-refractivity contribution is 0.475. The second kappa shape index (κ2) is 6.18. The van der Waals surface area contributed by atoms with Crippen molar-refractivity contribution in [2.45, 2.75) is 24.3 Å². The van der Waals surface area contributed by atoms with Crippen LogP contribution in [0.4, 0.5) is 5.69 Å². The number of phenolic OH excluding ortho intramolecular Hbond substituents is 1. The Kier molecular flexibility index (Phi) is 4.53. The van der Waals surface area contributed by atoms with Crippen LogP contribution in [-0.2, 0) is 9.84 Å². The van der Waals surface area contributed by atoms with E-state index in [0.717, 1.165) is 17.7 Å². The minimum Gasteiger partial charge on any atom is -0.508 e. The Hall–Kier alpha value is -2.01. The highest BCUT2D eigenvalue weighted by Crippen LogP contribution is 2.24. The molecule has 2 aromatic rings. The van der Waals surface area contributed by atoms with E-state index in [2.05, 4.69) is 12.2 Å². The molecule has 4 nitrogen and oxygen atoms in total. The Balaban J connectivity index is 2.17. The molecule has 0 fully saturated rings. The minimum absolute atomic E-state index is 0.106. The van der Waals surface area contributed by atoms with Crippen molar-refractivity contribution in [1.82, 2.24) is 0 Å². The second-order valence-corrected chi connectivity index (χ2v) is 7.01. The number of aromatic hydroxyl groups is 1. The van der Waals surface area contributed by atoms with Crippen molar-refractivity contribution in [3.8, 4) is 5.75 Å². The normalized spacial score (nSPS) is 12.9. The molecular weight excluding hydrogens is 286 g/mol. The number of benzene rings is 2. The van der Waals surface area contributed by atoms with Crippen molar-refractivity contribution in [3.05, 3.63) is 54.1 Å². The standard InChI is InChI=1S/C16H19NO3S/c1-3-16(12-4-8-14(18)9-5-12)17-13-6-10-15(11-7-13)21(2,19)20/h4-11,16-18H,3H2,1-2H3. The highest BCUT2D eigenvalue weighted by molar-refractivity contribution is 7.90. The monoisotopic (exact) mass is 305 g/mol. The van der Waals surface area contributed by atoms with Crippen LogP contribution in [-0.4, -0.2) is 19.8 Å². The molecule has 0 aromatic heterocycles. The average molecular weight is 305 g/mol. The van der Waals surface area contributed by atoms with Crippen LogP contribution in [0.3, 0.4) is 0 Å². The summed E-state index contributed by atoms with van der Waals surface area (Å²) in [6, 6.07) is 13.9. The van der Waals surface area contributed by atoms with Crippen molar-refractivity contribution >= 4 is 15.5 Å². The zero-order valence-electron chi connectivity index (χ0n) is 12.1. The van der Waals surface area contributed by atoms with Crippen LogP contribution < -0.4 is 5.32 Å². The van der Waals surface area contributed by atoms with Crippen LogP contribution >= 0.6 is 0 Å². The summed E-state index contributed by atoms with van der Waals surface area (Å²) in [4.78, 5) is 0.311. The lowest BCUT2D eigenvalue weighted by Crippen LogP contribution is -2.09. The van der Waals surface area contributed by atoms with Gasteiger partial charge in [-0.3, -0.25) is 0 Å². The molecule has 21 heavy (non-hydrogen) atoms. The molecule has 0 aliphatic carbocycles. The fourth-order valence-corrected chi connectivity index (χ4v) is 2.76. The zero-order valence-corrected chi connectivity index (χ0v) is 12.9. The van der Waals surface area contributed by atoms with Gasteiger partial charge in [0.1, 0.15) is 5.75 Å². The third-order valence-corrected chi connectivity index (χ3v) is 4.46. The van der Waals surface area contributed by atoms with Gasteiger partial charge in [-0.25, -0.2) is 8.42 Å². The number of anilines is 1. The molecule has 5 heteroatoms. The molecule has 0 radical (unpaired) electrons. The Bertz CT molecular complexity index is 691. The smallest absolute Gasteiger partial charge is 0.175 e. The van der Waals surface area contributed by atoms with E-state index in [-0.39, 0.29) is 11.8 Å². The summed E-state index contributed by atoms with van der Waals surface area (Å²) in [5.41, 5.74) is 1.94. The molecule has 0 aliphatic heterocycles. The number of sulfone groups is 1. The molecule has 0 spiro atoms. The molecule has 2 aromatic carbocycles. The minimum atomic E-state index is -3.17. The van der Waals surface area contributed by atoms with E-state index in [0.29, 0.717) is 4.90 Å². The van der Waals surface area contributed by atoms with Gasteiger partial charge in [0.25, 0.3) is 0 Å². The summed E-state index contributed by atoms with van der Waals surface area (Å²) in [5, 5.41) is 12.7.